The van der Waals surface area contributed by atoms with Gasteiger partial charge >= 0.3 is 0 Å². The van der Waals surface area contributed by atoms with E-state index in [9.17, 15) is 0 Å². The third-order valence-electron chi connectivity index (χ3n) is 2.95. The quantitative estimate of drug-likeness (QED) is 0.752. The molecule has 5 heteroatoms. The fourth-order valence-electron chi connectivity index (χ4n) is 1.96. The van der Waals surface area contributed by atoms with Gasteiger partial charge in [0.15, 0.2) is 0 Å². The van der Waals surface area contributed by atoms with Crippen LogP contribution in [0.4, 0.5) is 0 Å². The van der Waals surface area contributed by atoms with Crippen LogP contribution in [-0.2, 0) is 6.61 Å². The third-order valence-corrected chi connectivity index (χ3v) is 2.95. The summed E-state index contributed by atoms with van der Waals surface area (Å²) in [4.78, 5) is 6.99. The van der Waals surface area contributed by atoms with Crippen LogP contribution in [0.5, 0.6) is 5.75 Å². The fourth-order valence-corrected chi connectivity index (χ4v) is 1.96. The minimum absolute atomic E-state index is 0.466. The van der Waals surface area contributed by atoms with Crippen LogP contribution in [0.1, 0.15) is 11.4 Å². The fraction of sp³-hybridized carbons (Fsp3) is 0.143. The van der Waals surface area contributed by atoms with E-state index in [1.807, 2.05) is 37.4 Å². The van der Waals surface area contributed by atoms with E-state index in [1.54, 1.807) is 12.5 Å². The van der Waals surface area contributed by atoms with Gasteiger partial charge in [-0.15, -0.1) is 0 Å². The van der Waals surface area contributed by atoms with Crippen molar-refractivity contribution in [1.29, 1.82) is 0 Å². The Labute approximate surface area is 110 Å². The second kappa shape index (κ2) is 4.97. The number of nitrogens with zero attached hydrogens (tertiary/aromatic N) is 2. The molecule has 0 aliphatic heterocycles. The van der Waals surface area contributed by atoms with Gasteiger partial charge in [-0.2, -0.15) is 5.10 Å². The Balaban J connectivity index is 1.88. The van der Waals surface area contributed by atoms with Crippen LogP contribution in [-0.4, -0.2) is 20.2 Å². The summed E-state index contributed by atoms with van der Waals surface area (Å²) in [6.07, 6.45) is 5.21. The van der Waals surface area contributed by atoms with Crippen molar-refractivity contribution in [2.24, 2.45) is 0 Å². The van der Waals surface area contributed by atoms with Gasteiger partial charge in [0.2, 0.25) is 0 Å². The second-order valence-corrected chi connectivity index (χ2v) is 4.27. The minimum atomic E-state index is 0.466. The summed E-state index contributed by atoms with van der Waals surface area (Å²) in [5.41, 5.74) is 4.06. The summed E-state index contributed by atoms with van der Waals surface area (Å²) in [5.74, 6) is 0.835. The molecular weight excluding hydrogens is 240 g/mol. The number of rotatable bonds is 4. The van der Waals surface area contributed by atoms with Gasteiger partial charge in [-0.05, 0) is 13.0 Å². The number of H-pyrrole nitrogens is 2. The van der Waals surface area contributed by atoms with Crippen molar-refractivity contribution in [1.82, 2.24) is 20.2 Å². The Hall–Kier alpha value is -2.56. The molecule has 0 aliphatic rings. The zero-order valence-corrected chi connectivity index (χ0v) is 10.6. The molecule has 3 rings (SSSR count). The Bertz CT molecular complexity index is 658. The number of ether oxygens (including phenoxy) is 1. The predicted molar refractivity (Wildman–Crippen MR) is 71.7 cm³/mol. The summed E-state index contributed by atoms with van der Waals surface area (Å²) in [6.45, 7) is 2.46. The average Bonchev–Trinajstić information content (AvgIpc) is 3.08. The standard InChI is InChI=1S/C14H14N4O/c1-10-13(7-17-18-10)12-4-2-3-5-14(12)19-8-11-6-15-9-16-11/h2-7,9H,8H2,1H3,(H,15,16)(H,17,18). The van der Waals surface area contributed by atoms with Crippen molar-refractivity contribution in [3.8, 4) is 16.9 Å². The van der Waals surface area contributed by atoms with E-state index in [-0.39, 0.29) is 0 Å². The molecule has 0 fully saturated rings. The van der Waals surface area contributed by atoms with Crippen molar-refractivity contribution in [2.45, 2.75) is 13.5 Å². The van der Waals surface area contributed by atoms with Crippen LogP contribution in [0.2, 0.25) is 0 Å². The van der Waals surface area contributed by atoms with Gasteiger partial charge in [-0.1, -0.05) is 18.2 Å². The molecule has 0 atom stereocenters. The Morgan fingerprint density at radius 3 is 2.79 bits per heavy atom. The lowest BCUT2D eigenvalue weighted by molar-refractivity contribution is 0.303. The number of aromatic nitrogens is 4. The zero-order chi connectivity index (χ0) is 13.1. The Morgan fingerprint density at radius 2 is 2.05 bits per heavy atom. The molecule has 1 aromatic carbocycles. The van der Waals surface area contributed by atoms with E-state index < -0.39 is 0 Å². The zero-order valence-electron chi connectivity index (χ0n) is 10.6. The smallest absolute Gasteiger partial charge is 0.130 e. The van der Waals surface area contributed by atoms with Crippen LogP contribution in [0.25, 0.3) is 11.1 Å². The van der Waals surface area contributed by atoms with Gasteiger partial charge in [0, 0.05) is 16.8 Å². The summed E-state index contributed by atoms with van der Waals surface area (Å²) >= 11 is 0. The number of para-hydroxylation sites is 1. The SMILES string of the molecule is Cc1[nH]ncc1-c1ccccc1OCc1cnc[nH]1. The molecule has 3 aromatic rings. The van der Waals surface area contributed by atoms with E-state index in [0.29, 0.717) is 6.61 Å². The number of hydrogen-bond donors (Lipinski definition) is 2. The maximum absolute atomic E-state index is 5.85. The second-order valence-electron chi connectivity index (χ2n) is 4.27. The highest BCUT2D eigenvalue weighted by molar-refractivity contribution is 5.71. The highest BCUT2D eigenvalue weighted by Gasteiger charge is 2.10. The van der Waals surface area contributed by atoms with Crippen LogP contribution in [0.15, 0.2) is 43.0 Å². The monoisotopic (exact) mass is 254 g/mol. The largest absolute Gasteiger partial charge is 0.487 e. The van der Waals surface area contributed by atoms with E-state index in [2.05, 4.69) is 20.2 Å². The van der Waals surface area contributed by atoms with Crippen LogP contribution in [0, 0.1) is 6.92 Å². The van der Waals surface area contributed by atoms with Gasteiger partial charge in [-0.25, -0.2) is 4.98 Å². The van der Waals surface area contributed by atoms with E-state index in [0.717, 1.165) is 28.3 Å². The normalized spacial score (nSPS) is 10.6. The summed E-state index contributed by atoms with van der Waals surface area (Å²) < 4.78 is 5.85. The maximum Gasteiger partial charge on any atom is 0.130 e. The minimum Gasteiger partial charge on any atom is -0.487 e. The molecule has 2 heterocycles. The van der Waals surface area contributed by atoms with Crippen molar-refractivity contribution >= 4 is 0 Å². The van der Waals surface area contributed by atoms with Gasteiger partial charge in [0.25, 0.3) is 0 Å². The van der Waals surface area contributed by atoms with Gasteiger partial charge < -0.3 is 9.72 Å². The number of benzene rings is 1. The lowest BCUT2D eigenvalue weighted by atomic mass is 10.1. The van der Waals surface area contributed by atoms with Gasteiger partial charge in [0.1, 0.15) is 12.4 Å². The first kappa shape index (κ1) is 11.5. The van der Waals surface area contributed by atoms with Crippen LogP contribution >= 0.6 is 0 Å². The number of imidazole rings is 1. The molecule has 0 amide bonds. The lowest BCUT2D eigenvalue weighted by Crippen LogP contribution is -1.97. The lowest BCUT2D eigenvalue weighted by Gasteiger charge is -2.10. The van der Waals surface area contributed by atoms with Crippen molar-refractivity contribution < 1.29 is 4.74 Å². The van der Waals surface area contributed by atoms with E-state index in [1.165, 1.54) is 0 Å². The molecule has 0 radical (unpaired) electrons. The molecule has 0 bridgehead atoms. The topological polar surface area (TPSA) is 66.6 Å². The molecule has 0 unspecified atom stereocenters. The van der Waals surface area contributed by atoms with Crippen LogP contribution < -0.4 is 4.74 Å². The molecule has 19 heavy (non-hydrogen) atoms. The van der Waals surface area contributed by atoms with Crippen molar-refractivity contribution in [3.63, 3.8) is 0 Å². The third kappa shape index (κ3) is 2.35. The first-order valence-electron chi connectivity index (χ1n) is 6.04. The summed E-state index contributed by atoms with van der Waals surface area (Å²) in [7, 11) is 0. The molecule has 2 aromatic heterocycles. The van der Waals surface area contributed by atoms with Gasteiger partial charge in [-0.3, -0.25) is 5.10 Å². The van der Waals surface area contributed by atoms with Crippen molar-refractivity contribution in [2.75, 3.05) is 0 Å². The first-order chi connectivity index (χ1) is 9.34. The molecule has 0 spiro atoms. The summed E-state index contributed by atoms with van der Waals surface area (Å²) in [5, 5.41) is 6.99. The average molecular weight is 254 g/mol. The number of hydrogen-bond acceptors (Lipinski definition) is 3. The van der Waals surface area contributed by atoms with E-state index in [4.69, 9.17) is 4.74 Å². The van der Waals surface area contributed by atoms with E-state index >= 15 is 0 Å². The Morgan fingerprint density at radius 1 is 1.16 bits per heavy atom. The molecular formula is C14H14N4O. The number of aryl methyl sites for hydroxylation is 1. The number of aromatic amines is 2. The molecule has 96 valence electrons. The summed E-state index contributed by atoms with van der Waals surface area (Å²) in [6, 6.07) is 7.93. The molecule has 5 nitrogen and oxygen atoms in total. The Kier molecular flexibility index (Phi) is 3.02. The van der Waals surface area contributed by atoms with Crippen molar-refractivity contribution in [3.05, 3.63) is 54.4 Å². The molecule has 2 N–H and O–H groups in total. The highest BCUT2D eigenvalue weighted by Crippen LogP contribution is 2.31. The first-order valence-corrected chi connectivity index (χ1v) is 6.04. The predicted octanol–water partition coefficient (Wildman–Crippen LogP) is 2.69. The molecule has 0 saturated carbocycles. The maximum atomic E-state index is 5.85. The van der Waals surface area contributed by atoms with Crippen LogP contribution in [0.3, 0.4) is 0 Å². The highest BCUT2D eigenvalue weighted by atomic mass is 16.5. The molecule has 0 saturated heterocycles. The van der Waals surface area contributed by atoms with Gasteiger partial charge in [0.05, 0.1) is 24.4 Å². The molecule has 0 aliphatic carbocycles. The number of nitrogens with one attached hydrogen (secondary N) is 2.